The number of carbonyl (C=O) groups excluding carboxylic acids is 1. The van der Waals surface area contributed by atoms with Crippen LogP contribution >= 0.6 is 11.6 Å². The smallest absolute Gasteiger partial charge is 0.254 e. The summed E-state index contributed by atoms with van der Waals surface area (Å²) in [5.41, 5.74) is 3.93. The fourth-order valence-corrected chi connectivity index (χ4v) is 3.92. The number of nitrogens with zero attached hydrogens (tertiary/aromatic N) is 3. The van der Waals surface area contributed by atoms with Gasteiger partial charge < -0.3 is 5.32 Å². The van der Waals surface area contributed by atoms with Crippen molar-refractivity contribution < 1.29 is 4.79 Å². The lowest BCUT2D eigenvalue weighted by Gasteiger charge is -2.13. The Balaban J connectivity index is 1.75. The lowest BCUT2D eigenvalue weighted by Crippen LogP contribution is -2.32. The highest BCUT2D eigenvalue weighted by molar-refractivity contribution is 6.38. The van der Waals surface area contributed by atoms with Crippen molar-refractivity contribution in [2.24, 2.45) is 0 Å². The Labute approximate surface area is 157 Å². The van der Waals surface area contributed by atoms with E-state index in [-0.39, 0.29) is 11.9 Å². The molecule has 1 fully saturated rings. The largest absolute Gasteiger partial charge is 0.349 e. The van der Waals surface area contributed by atoms with Crippen LogP contribution in [0.15, 0.2) is 30.5 Å². The minimum absolute atomic E-state index is 0.154. The first-order valence-corrected chi connectivity index (χ1v) is 9.34. The molecule has 1 aromatic carbocycles. The van der Waals surface area contributed by atoms with Crippen LogP contribution < -0.4 is 5.32 Å². The van der Waals surface area contributed by atoms with Crippen LogP contribution in [0.1, 0.15) is 47.3 Å². The van der Waals surface area contributed by atoms with Crippen LogP contribution in [0, 0.1) is 13.8 Å². The van der Waals surface area contributed by atoms with Crippen molar-refractivity contribution in [1.82, 2.24) is 20.1 Å². The molecule has 1 saturated carbocycles. The van der Waals surface area contributed by atoms with E-state index in [1.165, 1.54) is 18.4 Å². The predicted octanol–water partition coefficient (Wildman–Crippen LogP) is 4.36. The van der Waals surface area contributed by atoms with Gasteiger partial charge in [-0.1, -0.05) is 42.1 Å². The van der Waals surface area contributed by atoms with Crippen molar-refractivity contribution in [3.05, 3.63) is 52.3 Å². The molecule has 134 valence electrons. The van der Waals surface area contributed by atoms with E-state index in [1.807, 2.05) is 38.1 Å². The first-order valence-electron chi connectivity index (χ1n) is 8.96. The van der Waals surface area contributed by atoms with Crippen LogP contribution in [0.5, 0.6) is 0 Å². The average Bonchev–Trinajstić information content (AvgIpc) is 3.24. The molecule has 0 spiro atoms. The van der Waals surface area contributed by atoms with Gasteiger partial charge in [0.25, 0.3) is 5.91 Å². The number of nitrogens with one attached hydrogen (secondary N) is 1. The van der Waals surface area contributed by atoms with Crippen LogP contribution in [0.25, 0.3) is 16.7 Å². The number of carbonyl (C=O) groups is 1. The van der Waals surface area contributed by atoms with Crippen molar-refractivity contribution >= 4 is 28.5 Å². The van der Waals surface area contributed by atoms with Gasteiger partial charge in [-0.05, 0) is 38.8 Å². The normalized spacial score (nSPS) is 14.9. The molecule has 0 unspecified atom stereocenters. The zero-order valence-corrected chi connectivity index (χ0v) is 15.7. The van der Waals surface area contributed by atoms with Crippen molar-refractivity contribution in [1.29, 1.82) is 0 Å². The number of amides is 1. The molecule has 1 N–H and O–H groups in total. The number of benzene rings is 1. The summed E-state index contributed by atoms with van der Waals surface area (Å²) in [6, 6.07) is 8.30. The molecule has 0 atom stereocenters. The first-order chi connectivity index (χ1) is 12.5. The van der Waals surface area contributed by atoms with Gasteiger partial charge in [0, 0.05) is 12.2 Å². The third-order valence-corrected chi connectivity index (χ3v) is 5.41. The molecule has 4 rings (SSSR count). The van der Waals surface area contributed by atoms with E-state index < -0.39 is 0 Å². The Morgan fingerprint density at radius 1 is 1.19 bits per heavy atom. The summed E-state index contributed by atoms with van der Waals surface area (Å²) in [5.74, 6) is -0.154. The van der Waals surface area contributed by atoms with Crippen molar-refractivity contribution in [3.63, 3.8) is 0 Å². The van der Waals surface area contributed by atoms with Crippen LogP contribution in [0.4, 0.5) is 0 Å². The summed E-state index contributed by atoms with van der Waals surface area (Å²) in [5, 5.41) is 8.81. The van der Waals surface area contributed by atoms with Crippen molar-refractivity contribution in [2.45, 2.75) is 45.6 Å². The van der Waals surface area contributed by atoms with Gasteiger partial charge in [-0.2, -0.15) is 5.10 Å². The second-order valence-corrected chi connectivity index (χ2v) is 7.35. The standard InChI is InChI=1S/C20H21ClN4O/c1-12-7-9-15(10-8-12)25-19-17(13(2)24-25)18(21)16(11-22-19)20(26)23-14-5-3-4-6-14/h7-11,14H,3-6H2,1-2H3,(H,23,26). The lowest BCUT2D eigenvalue weighted by atomic mass is 10.1. The highest BCUT2D eigenvalue weighted by atomic mass is 35.5. The van der Waals surface area contributed by atoms with Gasteiger partial charge >= 0.3 is 0 Å². The maximum atomic E-state index is 12.6. The molecule has 1 aliphatic rings. The van der Waals surface area contributed by atoms with Crippen LogP contribution in [-0.2, 0) is 0 Å². The second-order valence-electron chi connectivity index (χ2n) is 6.97. The van der Waals surface area contributed by atoms with Crippen LogP contribution in [0.3, 0.4) is 0 Å². The Morgan fingerprint density at radius 2 is 1.88 bits per heavy atom. The molecule has 1 amide bonds. The molecule has 2 aromatic heterocycles. The Bertz CT molecular complexity index is 972. The van der Waals surface area contributed by atoms with Gasteiger partial charge in [0.15, 0.2) is 5.65 Å². The molecule has 26 heavy (non-hydrogen) atoms. The summed E-state index contributed by atoms with van der Waals surface area (Å²) in [6.07, 6.45) is 5.95. The van der Waals surface area contributed by atoms with E-state index >= 15 is 0 Å². The Kier molecular flexibility index (Phi) is 4.41. The van der Waals surface area contributed by atoms with Gasteiger partial charge in [0.05, 0.1) is 27.4 Å². The molecular formula is C20H21ClN4O. The highest BCUT2D eigenvalue weighted by Gasteiger charge is 2.23. The van der Waals surface area contributed by atoms with Gasteiger partial charge in [-0.25, -0.2) is 9.67 Å². The number of pyridine rings is 1. The lowest BCUT2D eigenvalue weighted by molar-refractivity contribution is 0.0938. The van der Waals surface area contributed by atoms with E-state index in [9.17, 15) is 4.79 Å². The summed E-state index contributed by atoms with van der Waals surface area (Å²) < 4.78 is 1.77. The van der Waals surface area contributed by atoms with Gasteiger partial charge in [-0.15, -0.1) is 0 Å². The summed E-state index contributed by atoms with van der Waals surface area (Å²) in [6.45, 7) is 3.93. The third-order valence-electron chi connectivity index (χ3n) is 5.02. The minimum atomic E-state index is -0.154. The fourth-order valence-electron chi connectivity index (χ4n) is 3.57. The van der Waals surface area contributed by atoms with E-state index in [4.69, 9.17) is 11.6 Å². The molecule has 0 aliphatic heterocycles. The molecule has 5 nitrogen and oxygen atoms in total. The van der Waals surface area contributed by atoms with E-state index in [2.05, 4.69) is 15.4 Å². The average molecular weight is 369 g/mol. The molecule has 6 heteroatoms. The first kappa shape index (κ1) is 17.0. The van der Waals surface area contributed by atoms with Crippen LogP contribution in [0.2, 0.25) is 5.02 Å². The maximum Gasteiger partial charge on any atom is 0.254 e. The molecule has 3 aromatic rings. The molecule has 2 heterocycles. The highest BCUT2D eigenvalue weighted by Crippen LogP contribution is 2.30. The van der Waals surface area contributed by atoms with Crippen molar-refractivity contribution in [2.75, 3.05) is 0 Å². The topological polar surface area (TPSA) is 59.8 Å². The quantitative estimate of drug-likeness (QED) is 0.747. The Morgan fingerprint density at radius 3 is 2.58 bits per heavy atom. The van der Waals surface area contributed by atoms with E-state index in [1.54, 1.807) is 10.9 Å². The van der Waals surface area contributed by atoms with Gasteiger partial charge in [-0.3, -0.25) is 4.79 Å². The second kappa shape index (κ2) is 6.72. The summed E-state index contributed by atoms with van der Waals surface area (Å²) in [4.78, 5) is 17.1. The summed E-state index contributed by atoms with van der Waals surface area (Å²) in [7, 11) is 0. The SMILES string of the molecule is Cc1ccc(-n2nc(C)c3c(Cl)c(C(=O)NC4CCCC4)cnc32)cc1. The number of hydrogen-bond donors (Lipinski definition) is 1. The van der Waals surface area contributed by atoms with E-state index in [0.29, 0.717) is 16.2 Å². The number of halogens is 1. The van der Waals surface area contributed by atoms with Gasteiger partial charge in [0.1, 0.15) is 0 Å². The molecule has 0 saturated heterocycles. The van der Waals surface area contributed by atoms with Crippen LogP contribution in [-0.4, -0.2) is 26.7 Å². The predicted molar refractivity (Wildman–Crippen MR) is 103 cm³/mol. The number of rotatable bonds is 3. The fraction of sp³-hybridized carbons (Fsp3) is 0.350. The monoisotopic (exact) mass is 368 g/mol. The summed E-state index contributed by atoms with van der Waals surface area (Å²) >= 11 is 6.60. The number of hydrogen-bond acceptors (Lipinski definition) is 3. The molecule has 1 aliphatic carbocycles. The van der Waals surface area contributed by atoms with E-state index in [0.717, 1.165) is 29.6 Å². The zero-order valence-electron chi connectivity index (χ0n) is 14.9. The number of fused-ring (bicyclic) bond motifs is 1. The molecule has 0 bridgehead atoms. The zero-order chi connectivity index (χ0) is 18.3. The number of aromatic nitrogens is 3. The Hall–Kier alpha value is -2.40. The third kappa shape index (κ3) is 2.97. The maximum absolute atomic E-state index is 12.6. The number of aryl methyl sites for hydroxylation is 2. The molecular weight excluding hydrogens is 348 g/mol. The van der Waals surface area contributed by atoms with Crippen molar-refractivity contribution in [3.8, 4) is 5.69 Å². The van der Waals surface area contributed by atoms with Gasteiger partial charge in [0.2, 0.25) is 0 Å². The molecule has 0 radical (unpaired) electrons. The minimum Gasteiger partial charge on any atom is -0.349 e.